The third kappa shape index (κ3) is 6.63. The van der Waals surface area contributed by atoms with Crippen molar-refractivity contribution in [2.75, 3.05) is 42.4 Å². The molecule has 2 atom stereocenters. The zero-order valence-corrected chi connectivity index (χ0v) is 20.6. The van der Waals surface area contributed by atoms with E-state index in [4.69, 9.17) is 9.47 Å². The molecule has 0 bridgehead atoms. The smallest absolute Gasteiger partial charge is 0.323 e. The van der Waals surface area contributed by atoms with E-state index in [1.165, 1.54) is 19.2 Å². The lowest BCUT2D eigenvalue weighted by Gasteiger charge is -2.40. The van der Waals surface area contributed by atoms with Crippen molar-refractivity contribution in [1.82, 2.24) is 0 Å². The highest BCUT2D eigenvalue weighted by atomic mass is 19.1. The molecular formula is C26H34FN3O5. The standard InChI is InChI=1S/C26H34FN3O5/c1-5-17(13-25(31)32)18-6-9-23(30-10-11-35-15-24(30)16(2)3)22(12-18)29-26(33)28-21-8-7-19(34-4)14-20(21)27/h6-9,12,14,16-17,24H,5,10-11,13,15H2,1-4H3,(H,31,32)(H2,28,29,33)/t17-,24-/m1/s1. The van der Waals surface area contributed by atoms with Crippen LogP contribution in [0.15, 0.2) is 36.4 Å². The molecule has 0 aliphatic carbocycles. The topological polar surface area (TPSA) is 100 Å². The van der Waals surface area contributed by atoms with Crippen molar-refractivity contribution >= 4 is 29.1 Å². The third-order valence-corrected chi connectivity index (χ3v) is 6.32. The molecule has 8 nitrogen and oxygen atoms in total. The average molecular weight is 488 g/mol. The molecule has 0 radical (unpaired) electrons. The maximum absolute atomic E-state index is 14.4. The van der Waals surface area contributed by atoms with E-state index < -0.39 is 17.8 Å². The van der Waals surface area contributed by atoms with Crippen LogP contribution in [0.3, 0.4) is 0 Å². The van der Waals surface area contributed by atoms with E-state index in [-0.39, 0.29) is 24.1 Å². The highest BCUT2D eigenvalue weighted by molar-refractivity contribution is 6.02. The molecule has 9 heteroatoms. The number of nitrogens with zero attached hydrogens (tertiary/aromatic N) is 1. The van der Waals surface area contributed by atoms with Crippen molar-refractivity contribution < 1.29 is 28.6 Å². The summed E-state index contributed by atoms with van der Waals surface area (Å²) < 4.78 is 25.1. The summed E-state index contributed by atoms with van der Waals surface area (Å²) in [6, 6.07) is 9.36. The van der Waals surface area contributed by atoms with Gasteiger partial charge in [0, 0.05) is 12.6 Å². The van der Waals surface area contributed by atoms with Gasteiger partial charge in [-0.1, -0.05) is 26.8 Å². The van der Waals surface area contributed by atoms with E-state index >= 15 is 0 Å². The molecular weight excluding hydrogens is 453 g/mol. The first-order valence-corrected chi connectivity index (χ1v) is 11.8. The number of ether oxygens (including phenoxy) is 2. The minimum atomic E-state index is -0.879. The van der Waals surface area contributed by atoms with Gasteiger partial charge in [-0.25, -0.2) is 9.18 Å². The van der Waals surface area contributed by atoms with Crippen molar-refractivity contribution in [2.45, 2.75) is 45.6 Å². The first-order valence-electron chi connectivity index (χ1n) is 11.8. The summed E-state index contributed by atoms with van der Waals surface area (Å²) in [7, 11) is 1.44. The number of hydrogen-bond donors (Lipinski definition) is 3. The molecule has 3 N–H and O–H groups in total. The van der Waals surface area contributed by atoms with Gasteiger partial charge in [-0.15, -0.1) is 0 Å². The minimum absolute atomic E-state index is 0.00921. The summed E-state index contributed by atoms with van der Waals surface area (Å²) in [6.45, 7) is 7.95. The van der Waals surface area contributed by atoms with Crippen LogP contribution in [0.1, 0.15) is 45.1 Å². The minimum Gasteiger partial charge on any atom is -0.497 e. The first kappa shape index (κ1) is 26.3. The molecule has 35 heavy (non-hydrogen) atoms. The molecule has 0 saturated carbocycles. The van der Waals surface area contributed by atoms with Crippen LogP contribution in [0.2, 0.25) is 0 Å². The lowest BCUT2D eigenvalue weighted by molar-refractivity contribution is -0.137. The number of aliphatic carboxylic acids is 1. The Bertz CT molecular complexity index is 1050. The molecule has 1 aliphatic heterocycles. The van der Waals surface area contributed by atoms with Crippen molar-refractivity contribution in [3.63, 3.8) is 0 Å². The molecule has 190 valence electrons. The quantitative estimate of drug-likeness (QED) is 0.443. The maximum atomic E-state index is 14.4. The van der Waals surface area contributed by atoms with Crippen LogP contribution in [0.25, 0.3) is 0 Å². The summed E-state index contributed by atoms with van der Waals surface area (Å²) in [4.78, 5) is 26.5. The van der Waals surface area contributed by atoms with E-state index in [0.717, 1.165) is 11.3 Å². The summed E-state index contributed by atoms with van der Waals surface area (Å²) in [5, 5.41) is 14.7. The predicted octanol–water partition coefficient (Wildman–Crippen LogP) is 5.31. The summed E-state index contributed by atoms with van der Waals surface area (Å²) in [5.41, 5.74) is 2.18. The van der Waals surface area contributed by atoms with Crippen LogP contribution in [-0.2, 0) is 9.53 Å². The third-order valence-electron chi connectivity index (χ3n) is 6.32. The Balaban J connectivity index is 1.94. The van der Waals surface area contributed by atoms with Crippen LogP contribution in [-0.4, -0.2) is 50.0 Å². The average Bonchev–Trinajstić information content (AvgIpc) is 2.83. The number of nitrogens with one attached hydrogen (secondary N) is 2. The van der Waals surface area contributed by atoms with E-state index in [1.54, 1.807) is 6.07 Å². The lowest BCUT2D eigenvalue weighted by atomic mass is 9.92. The Hall–Kier alpha value is -3.33. The van der Waals surface area contributed by atoms with Crippen molar-refractivity contribution in [3.8, 4) is 5.75 Å². The highest BCUT2D eigenvalue weighted by Gasteiger charge is 2.28. The summed E-state index contributed by atoms with van der Waals surface area (Å²) in [5.74, 6) is -1.04. The molecule has 3 rings (SSSR count). The van der Waals surface area contributed by atoms with Gasteiger partial charge in [0.25, 0.3) is 0 Å². The Morgan fingerprint density at radius 1 is 1.20 bits per heavy atom. The molecule has 0 spiro atoms. The molecule has 1 aliphatic rings. The predicted molar refractivity (Wildman–Crippen MR) is 134 cm³/mol. The fourth-order valence-corrected chi connectivity index (χ4v) is 4.34. The molecule has 2 amide bonds. The fraction of sp³-hybridized carbons (Fsp3) is 0.462. The van der Waals surface area contributed by atoms with Crippen LogP contribution < -0.4 is 20.3 Å². The number of morpholine rings is 1. The van der Waals surface area contributed by atoms with Crippen molar-refractivity contribution in [2.24, 2.45) is 5.92 Å². The molecule has 0 aromatic heterocycles. The number of rotatable bonds is 9. The van der Waals surface area contributed by atoms with Gasteiger partial charge in [-0.05, 0) is 48.1 Å². The number of anilines is 3. The van der Waals surface area contributed by atoms with Crippen LogP contribution in [0, 0.1) is 11.7 Å². The van der Waals surface area contributed by atoms with E-state index in [1.807, 2.05) is 25.1 Å². The summed E-state index contributed by atoms with van der Waals surface area (Å²) in [6.07, 6.45) is 0.630. The molecule has 1 fully saturated rings. The number of methoxy groups -OCH3 is 1. The number of urea groups is 1. The van der Waals surface area contributed by atoms with Crippen LogP contribution >= 0.6 is 0 Å². The largest absolute Gasteiger partial charge is 0.497 e. The number of carboxylic acid groups (broad SMARTS) is 1. The Morgan fingerprint density at radius 3 is 2.57 bits per heavy atom. The maximum Gasteiger partial charge on any atom is 0.323 e. The molecule has 1 heterocycles. The van der Waals surface area contributed by atoms with Crippen LogP contribution in [0.4, 0.5) is 26.2 Å². The first-order chi connectivity index (χ1) is 16.7. The number of benzene rings is 2. The fourth-order valence-electron chi connectivity index (χ4n) is 4.34. The monoisotopic (exact) mass is 487 g/mol. The number of carboxylic acids is 1. The second kappa shape index (κ2) is 11.9. The molecule has 0 unspecified atom stereocenters. The molecule has 2 aromatic rings. The van der Waals surface area contributed by atoms with E-state index in [2.05, 4.69) is 29.4 Å². The SMILES string of the molecule is CC[C@H](CC(=O)O)c1ccc(N2CCOC[C@@H]2C(C)C)c(NC(=O)Nc2ccc(OC)cc2F)c1. The molecule has 1 saturated heterocycles. The number of amides is 2. The van der Waals surface area contributed by atoms with Gasteiger partial charge in [-0.3, -0.25) is 4.79 Å². The molecule has 2 aromatic carbocycles. The Kier molecular flexibility index (Phi) is 8.92. The van der Waals surface area contributed by atoms with E-state index in [0.29, 0.717) is 43.5 Å². The van der Waals surface area contributed by atoms with E-state index in [9.17, 15) is 19.1 Å². The Morgan fingerprint density at radius 2 is 1.94 bits per heavy atom. The van der Waals surface area contributed by atoms with Gasteiger partial charge < -0.3 is 30.1 Å². The van der Waals surface area contributed by atoms with Gasteiger partial charge in [0.15, 0.2) is 0 Å². The zero-order chi connectivity index (χ0) is 25.5. The van der Waals surface area contributed by atoms with Gasteiger partial charge in [-0.2, -0.15) is 0 Å². The summed E-state index contributed by atoms with van der Waals surface area (Å²) >= 11 is 0. The second-order valence-corrected chi connectivity index (χ2v) is 8.98. The lowest BCUT2D eigenvalue weighted by Crippen LogP contribution is -2.48. The van der Waals surface area contributed by atoms with Gasteiger partial charge >= 0.3 is 12.0 Å². The number of carbonyl (C=O) groups is 2. The highest BCUT2D eigenvalue weighted by Crippen LogP contribution is 2.35. The van der Waals surface area contributed by atoms with Crippen molar-refractivity contribution in [3.05, 3.63) is 47.8 Å². The number of hydrogen-bond acceptors (Lipinski definition) is 5. The van der Waals surface area contributed by atoms with Gasteiger partial charge in [0.05, 0.1) is 49.8 Å². The van der Waals surface area contributed by atoms with Gasteiger partial charge in [0.2, 0.25) is 0 Å². The normalized spacial score (nSPS) is 16.6. The second-order valence-electron chi connectivity index (χ2n) is 8.98. The number of carbonyl (C=O) groups excluding carboxylic acids is 1. The van der Waals surface area contributed by atoms with Crippen LogP contribution in [0.5, 0.6) is 5.75 Å². The van der Waals surface area contributed by atoms with Gasteiger partial charge in [0.1, 0.15) is 11.6 Å². The zero-order valence-electron chi connectivity index (χ0n) is 20.6. The Labute approximate surface area is 205 Å². The van der Waals surface area contributed by atoms with Crippen molar-refractivity contribution in [1.29, 1.82) is 0 Å². The number of halogens is 1.